The molecule has 0 atom stereocenters. The van der Waals surface area contributed by atoms with Crippen LogP contribution in [0.1, 0.15) is 0 Å². The second-order valence-electron chi connectivity index (χ2n) is 5.08. The van der Waals surface area contributed by atoms with Gasteiger partial charge in [0, 0.05) is 6.20 Å². The SMILES string of the molecule is S=c1[nH]nc2/c(=N/Nc3ccccc3)sc(-c3ccccc3)cn12. The number of hydrogen-bond acceptors (Lipinski definition) is 5. The van der Waals surface area contributed by atoms with Gasteiger partial charge in [0.05, 0.1) is 10.6 Å². The Morgan fingerprint density at radius 3 is 2.50 bits per heavy atom. The van der Waals surface area contributed by atoms with Crippen molar-refractivity contribution in [2.75, 3.05) is 5.43 Å². The molecule has 0 bridgehead atoms. The minimum atomic E-state index is 0.547. The number of H-pyrrole nitrogens is 1. The predicted octanol–water partition coefficient (Wildman–Crippen LogP) is 4.05. The monoisotopic (exact) mass is 351 g/mol. The van der Waals surface area contributed by atoms with E-state index in [4.69, 9.17) is 12.2 Å². The van der Waals surface area contributed by atoms with Crippen LogP contribution in [-0.2, 0) is 0 Å². The highest BCUT2D eigenvalue weighted by Crippen LogP contribution is 2.21. The molecule has 0 saturated carbocycles. The van der Waals surface area contributed by atoms with E-state index in [-0.39, 0.29) is 0 Å². The largest absolute Gasteiger partial charge is 0.277 e. The third kappa shape index (κ3) is 2.86. The number of fused-ring (bicyclic) bond motifs is 1. The van der Waals surface area contributed by atoms with Crippen molar-refractivity contribution < 1.29 is 0 Å². The molecule has 0 radical (unpaired) electrons. The summed E-state index contributed by atoms with van der Waals surface area (Å²) in [5.74, 6) is 0. The van der Waals surface area contributed by atoms with Crippen molar-refractivity contribution in [2.24, 2.45) is 5.10 Å². The molecule has 2 N–H and O–H groups in total. The van der Waals surface area contributed by atoms with Crippen LogP contribution in [0.2, 0.25) is 0 Å². The number of aromatic amines is 1. The number of benzene rings is 2. The number of aromatic nitrogens is 3. The van der Waals surface area contributed by atoms with Gasteiger partial charge in [0.2, 0.25) is 0 Å². The molecule has 0 spiro atoms. The molecule has 4 aromatic rings. The Morgan fingerprint density at radius 1 is 1.04 bits per heavy atom. The molecule has 2 aromatic heterocycles. The van der Waals surface area contributed by atoms with Crippen molar-refractivity contribution >= 4 is 34.9 Å². The molecule has 2 heterocycles. The fourth-order valence-electron chi connectivity index (χ4n) is 2.31. The van der Waals surface area contributed by atoms with Crippen molar-refractivity contribution in [2.45, 2.75) is 0 Å². The molecule has 0 saturated heterocycles. The van der Waals surface area contributed by atoms with Gasteiger partial charge in [-0.05, 0) is 29.9 Å². The number of para-hydroxylation sites is 1. The van der Waals surface area contributed by atoms with Crippen molar-refractivity contribution in [3.63, 3.8) is 0 Å². The molecule has 2 aromatic carbocycles. The molecule has 0 fully saturated rings. The molecule has 0 aliphatic rings. The average molecular weight is 351 g/mol. The van der Waals surface area contributed by atoms with Crippen LogP contribution in [0.15, 0.2) is 72.0 Å². The Morgan fingerprint density at radius 2 is 1.75 bits per heavy atom. The highest BCUT2D eigenvalue weighted by Gasteiger charge is 2.06. The fourth-order valence-corrected chi connectivity index (χ4v) is 3.44. The Bertz CT molecular complexity index is 1090. The fraction of sp³-hybridized carbons (Fsp3) is 0. The van der Waals surface area contributed by atoms with Crippen LogP contribution in [0.3, 0.4) is 0 Å². The normalized spacial score (nSPS) is 11.8. The molecule has 0 amide bonds. The molecule has 7 heteroatoms. The van der Waals surface area contributed by atoms with Crippen LogP contribution < -0.4 is 10.1 Å². The van der Waals surface area contributed by atoms with E-state index < -0.39 is 0 Å². The van der Waals surface area contributed by atoms with Crippen LogP contribution in [0.25, 0.3) is 16.1 Å². The molecule has 0 unspecified atom stereocenters. The minimum absolute atomic E-state index is 0.547. The lowest BCUT2D eigenvalue weighted by molar-refractivity contribution is 1.08. The Balaban J connectivity index is 1.89. The number of anilines is 1. The van der Waals surface area contributed by atoms with Crippen LogP contribution in [-0.4, -0.2) is 14.6 Å². The molecule has 5 nitrogen and oxygen atoms in total. The highest BCUT2D eigenvalue weighted by molar-refractivity contribution is 7.71. The van der Waals surface area contributed by atoms with Gasteiger partial charge in [-0.2, -0.15) is 10.2 Å². The van der Waals surface area contributed by atoms with Gasteiger partial charge in [-0.1, -0.05) is 48.5 Å². The third-order valence-electron chi connectivity index (χ3n) is 3.47. The Hall–Kier alpha value is -2.77. The van der Waals surface area contributed by atoms with Gasteiger partial charge in [0.1, 0.15) is 0 Å². The number of rotatable bonds is 3. The zero-order valence-electron chi connectivity index (χ0n) is 12.5. The molecular weight excluding hydrogens is 338 g/mol. The quantitative estimate of drug-likeness (QED) is 0.432. The maximum Gasteiger partial charge on any atom is 0.199 e. The first-order valence-electron chi connectivity index (χ1n) is 7.32. The van der Waals surface area contributed by atoms with E-state index in [1.54, 1.807) is 11.3 Å². The average Bonchev–Trinajstić information content (AvgIpc) is 3.02. The van der Waals surface area contributed by atoms with E-state index in [1.807, 2.05) is 59.1 Å². The van der Waals surface area contributed by atoms with E-state index in [0.29, 0.717) is 10.4 Å². The van der Waals surface area contributed by atoms with Gasteiger partial charge in [0.25, 0.3) is 0 Å². The predicted molar refractivity (Wildman–Crippen MR) is 99.3 cm³/mol. The summed E-state index contributed by atoms with van der Waals surface area (Å²) in [6.07, 6.45) is 1.99. The molecule has 24 heavy (non-hydrogen) atoms. The third-order valence-corrected chi connectivity index (χ3v) is 4.78. The highest BCUT2D eigenvalue weighted by atomic mass is 32.1. The van der Waals surface area contributed by atoms with Crippen molar-refractivity contribution in [1.29, 1.82) is 0 Å². The standard InChI is InChI=1S/C17H13N5S2/c23-17-21-19-15-16(20-18-13-9-5-2-6-10-13)24-14(11-22(15)17)12-7-3-1-4-8-12/h1-11,18H,(H,21,23)/b20-16-. The Labute approximate surface area is 146 Å². The molecule has 4 rings (SSSR count). The van der Waals surface area contributed by atoms with Gasteiger partial charge in [-0.15, -0.1) is 11.3 Å². The van der Waals surface area contributed by atoms with E-state index in [1.165, 1.54) is 0 Å². The first-order chi connectivity index (χ1) is 11.8. The lowest BCUT2D eigenvalue weighted by Crippen LogP contribution is -2.07. The van der Waals surface area contributed by atoms with Crippen LogP contribution in [0, 0.1) is 4.77 Å². The zero-order chi connectivity index (χ0) is 16.4. The van der Waals surface area contributed by atoms with Crippen LogP contribution >= 0.6 is 23.6 Å². The summed E-state index contributed by atoms with van der Waals surface area (Å²) in [6.45, 7) is 0. The van der Waals surface area contributed by atoms with E-state index in [2.05, 4.69) is 32.9 Å². The molecule has 118 valence electrons. The smallest absolute Gasteiger partial charge is 0.199 e. The summed E-state index contributed by atoms with van der Waals surface area (Å²) >= 11 is 6.88. The number of nitrogens with one attached hydrogen (secondary N) is 2. The molecule has 0 aliphatic heterocycles. The maximum absolute atomic E-state index is 5.32. The molecular formula is C17H13N5S2. The van der Waals surface area contributed by atoms with Crippen molar-refractivity contribution in [1.82, 2.24) is 14.6 Å². The topological polar surface area (TPSA) is 57.5 Å². The Kier molecular flexibility index (Phi) is 3.94. The minimum Gasteiger partial charge on any atom is -0.277 e. The summed E-state index contributed by atoms with van der Waals surface area (Å²) in [7, 11) is 0. The second kappa shape index (κ2) is 6.38. The lowest BCUT2D eigenvalue weighted by Gasteiger charge is -2.03. The first kappa shape index (κ1) is 14.8. The summed E-state index contributed by atoms with van der Waals surface area (Å²) < 4.78 is 3.15. The van der Waals surface area contributed by atoms with Gasteiger partial charge >= 0.3 is 0 Å². The summed E-state index contributed by atoms with van der Waals surface area (Å²) in [5.41, 5.74) is 5.81. The second-order valence-corrected chi connectivity index (χ2v) is 6.50. The van der Waals surface area contributed by atoms with E-state index >= 15 is 0 Å². The number of hydrogen-bond donors (Lipinski definition) is 2. The van der Waals surface area contributed by atoms with Gasteiger partial charge in [-0.25, -0.2) is 0 Å². The van der Waals surface area contributed by atoms with Gasteiger partial charge in [-0.3, -0.25) is 14.9 Å². The first-order valence-corrected chi connectivity index (χ1v) is 8.55. The summed E-state index contributed by atoms with van der Waals surface area (Å²) in [5, 5.41) is 11.6. The van der Waals surface area contributed by atoms with E-state index in [0.717, 1.165) is 20.8 Å². The van der Waals surface area contributed by atoms with Crippen LogP contribution in [0.4, 0.5) is 5.69 Å². The van der Waals surface area contributed by atoms with Crippen molar-refractivity contribution in [3.8, 4) is 10.4 Å². The zero-order valence-corrected chi connectivity index (χ0v) is 14.1. The summed E-state index contributed by atoms with van der Waals surface area (Å²) in [6, 6.07) is 20.0. The molecule has 0 aliphatic carbocycles. The van der Waals surface area contributed by atoms with E-state index in [9.17, 15) is 0 Å². The van der Waals surface area contributed by atoms with Crippen molar-refractivity contribution in [3.05, 3.63) is 76.3 Å². The maximum atomic E-state index is 5.32. The van der Waals surface area contributed by atoms with Gasteiger partial charge in [0.15, 0.2) is 15.1 Å². The summed E-state index contributed by atoms with van der Waals surface area (Å²) in [4.78, 5) is 1.06. The van der Waals surface area contributed by atoms with Gasteiger partial charge < -0.3 is 0 Å². The van der Waals surface area contributed by atoms with Crippen LogP contribution in [0.5, 0.6) is 0 Å². The number of nitrogens with zero attached hydrogens (tertiary/aromatic N) is 3. The lowest BCUT2D eigenvalue weighted by atomic mass is 10.2.